The van der Waals surface area contributed by atoms with Crippen LogP contribution in [0.5, 0.6) is 0 Å². The number of nitrogens with one attached hydrogen (secondary N) is 1. The molecule has 102 valence electrons. The SMILES string of the molecule is N=C(N)c1ccc(CN2CCN3CCCC3C2)cc1. The topological polar surface area (TPSA) is 56.4 Å². The zero-order valence-corrected chi connectivity index (χ0v) is 11.3. The quantitative estimate of drug-likeness (QED) is 0.634. The van der Waals surface area contributed by atoms with Crippen LogP contribution in [0.25, 0.3) is 0 Å². The minimum absolute atomic E-state index is 0.145. The molecule has 2 aliphatic rings. The summed E-state index contributed by atoms with van der Waals surface area (Å²) in [5, 5.41) is 7.40. The van der Waals surface area contributed by atoms with E-state index in [1.54, 1.807) is 0 Å². The number of hydrogen-bond donors (Lipinski definition) is 2. The van der Waals surface area contributed by atoms with Crippen molar-refractivity contribution in [2.45, 2.75) is 25.4 Å². The molecule has 1 aromatic rings. The van der Waals surface area contributed by atoms with Crippen LogP contribution in [0.15, 0.2) is 24.3 Å². The lowest BCUT2D eigenvalue weighted by Crippen LogP contribution is -2.49. The van der Waals surface area contributed by atoms with Gasteiger partial charge < -0.3 is 5.73 Å². The van der Waals surface area contributed by atoms with Crippen LogP contribution in [0.3, 0.4) is 0 Å². The lowest BCUT2D eigenvalue weighted by Gasteiger charge is -2.37. The average Bonchev–Trinajstić information content (AvgIpc) is 2.87. The van der Waals surface area contributed by atoms with Crippen molar-refractivity contribution in [1.82, 2.24) is 9.80 Å². The molecule has 0 spiro atoms. The van der Waals surface area contributed by atoms with E-state index in [0.29, 0.717) is 0 Å². The number of nitrogens with two attached hydrogens (primary N) is 1. The summed E-state index contributed by atoms with van der Waals surface area (Å²) in [4.78, 5) is 5.19. The van der Waals surface area contributed by atoms with Crippen LogP contribution in [0, 0.1) is 5.41 Å². The predicted molar refractivity (Wildman–Crippen MR) is 77.3 cm³/mol. The smallest absolute Gasteiger partial charge is 0.122 e. The minimum atomic E-state index is 0.145. The number of hydrogen-bond acceptors (Lipinski definition) is 3. The number of piperazine rings is 1. The second-order valence-electron chi connectivity index (χ2n) is 5.68. The third kappa shape index (κ3) is 2.80. The van der Waals surface area contributed by atoms with Gasteiger partial charge in [0.15, 0.2) is 0 Å². The Bertz CT molecular complexity index is 454. The van der Waals surface area contributed by atoms with E-state index < -0.39 is 0 Å². The zero-order valence-electron chi connectivity index (χ0n) is 11.3. The molecule has 3 N–H and O–H groups in total. The lowest BCUT2D eigenvalue weighted by molar-refractivity contribution is 0.0994. The Morgan fingerprint density at radius 3 is 2.74 bits per heavy atom. The highest BCUT2D eigenvalue weighted by atomic mass is 15.3. The number of nitrogens with zero attached hydrogens (tertiary/aromatic N) is 2. The number of nitrogen functional groups attached to an aromatic ring is 1. The fraction of sp³-hybridized carbons (Fsp3) is 0.533. The Hall–Kier alpha value is -1.39. The Morgan fingerprint density at radius 1 is 1.21 bits per heavy atom. The Labute approximate surface area is 114 Å². The molecule has 4 nitrogen and oxygen atoms in total. The van der Waals surface area contributed by atoms with Crippen molar-refractivity contribution in [3.8, 4) is 0 Å². The summed E-state index contributed by atoms with van der Waals surface area (Å²) in [6, 6.07) is 8.87. The van der Waals surface area contributed by atoms with Gasteiger partial charge in [-0.1, -0.05) is 24.3 Å². The highest BCUT2D eigenvalue weighted by Gasteiger charge is 2.30. The van der Waals surface area contributed by atoms with Crippen LogP contribution in [0.4, 0.5) is 0 Å². The summed E-state index contributed by atoms with van der Waals surface area (Å²) in [6.45, 7) is 5.91. The molecule has 2 aliphatic heterocycles. The van der Waals surface area contributed by atoms with Gasteiger partial charge in [-0.3, -0.25) is 15.2 Å². The van der Waals surface area contributed by atoms with Crippen LogP contribution >= 0.6 is 0 Å². The molecule has 1 atom stereocenters. The molecule has 4 heteroatoms. The van der Waals surface area contributed by atoms with Gasteiger partial charge in [0.05, 0.1) is 0 Å². The fourth-order valence-corrected chi connectivity index (χ4v) is 3.25. The fourth-order valence-electron chi connectivity index (χ4n) is 3.25. The van der Waals surface area contributed by atoms with Gasteiger partial charge in [-0.15, -0.1) is 0 Å². The van der Waals surface area contributed by atoms with E-state index in [2.05, 4.69) is 21.9 Å². The number of benzene rings is 1. The first-order valence-electron chi connectivity index (χ1n) is 7.12. The van der Waals surface area contributed by atoms with Crippen molar-refractivity contribution in [3.05, 3.63) is 35.4 Å². The number of amidine groups is 1. The molecule has 2 heterocycles. The van der Waals surface area contributed by atoms with E-state index in [-0.39, 0.29) is 5.84 Å². The van der Waals surface area contributed by atoms with E-state index in [9.17, 15) is 0 Å². The lowest BCUT2D eigenvalue weighted by atomic mass is 10.1. The third-order valence-electron chi connectivity index (χ3n) is 4.34. The molecule has 1 unspecified atom stereocenters. The molecule has 0 radical (unpaired) electrons. The molecule has 0 amide bonds. The molecule has 0 aromatic heterocycles. The summed E-state index contributed by atoms with van der Waals surface area (Å²) in [5.74, 6) is 0.145. The first-order valence-corrected chi connectivity index (χ1v) is 7.12. The highest BCUT2D eigenvalue weighted by Crippen LogP contribution is 2.22. The maximum Gasteiger partial charge on any atom is 0.122 e. The minimum Gasteiger partial charge on any atom is -0.384 e. The van der Waals surface area contributed by atoms with E-state index in [4.69, 9.17) is 11.1 Å². The van der Waals surface area contributed by atoms with Gasteiger partial charge in [0.1, 0.15) is 5.84 Å². The van der Waals surface area contributed by atoms with Gasteiger partial charge in [0, 0.05) is 37.8 Å². The Balaban J connectivity index is 1.60. The third-order valence-corrected chi connectivity index (χ3v) is 4.34. The molecule has 19 heavy (non-hydrogen) atoms. The van der Waals surface area contributed by atoms with Crippen LogP contribution < -0.4 is 5.73 Å². The monoisotopic (exact) mass is 258 g/mol. The molecule has 0 saturated carbocycles. The molecule has 0 aliphatic carbocycles. The van der Waals surface area contributed by atoms with Crippen LogP contribution in [-0.4, -0.2) is 47.9 Å². The summed E-state index contributed by atoms with van der Waals surface area (Å²) in [6.07, 6.45) is 2.73. The van der Waals surface area contributed by atoms with Gasteiger partial charge in [0.2, 0.25) is 0 Å². The van der Waals surface area contributed by atoms with Crippen molar-refractivity contribution >= 4 is 5.84 Å². The van der Waals surface area contributed by atoms with E-state index >= 15 is 0 Å². The first kappa shape index (κ1) is 12.6. The molecule has 2 fully saturated rings. The highest BCUT2D eigenvalue weighted by molar-refractivity contribution is 5.94. The Morgan fingerprint density at radius 2 is 2.00 bits per heavy atom. The van der Waals surface area contributed by atoms with Crippen molar-refractivity contribution in [3.63, 3.8) is 0 Å². The van der Waals surface area contributed by atoms with Gasteiger partial charge in [-0.2, -0.15) is 0 Å². The van der Waals surface area contributed by atoms with Gasteiger partial charge in [-0.25, -0.2) is 0 Å². The standard InChI is InChI=1S/C15H22N4/c16-15(17)13-5-3-12(4-6-13)10-18-8-9-19-7-1-2-14(19)11-18/h3-6,14H,1-2,7-11H2,(H3,16,17). The molecule has 0 bridgehead atoms. The predicted octanol–water partition coefficient (Wildman–Crippen LogP) is 1.25. The first-order chi connectivity index (χ1) is 9.22. The summed E-state index contributed by atoms with van der Waals surface area (Å²) in [5.41, 5.74) is 7.60. The van der Waals surface area contributed by atoms with Gasteiger partial charge >= 0.3 is 0 Å². The molecular formula is C15H22N4. The molecular weight excluding hydrogens is 236 g/mol. The maximum atomic E-state index is 7.40. The van der Waals surface area contributed by atoms with E-state index in [1.807, 2.05) is 12.1 Å². The van der Waals surface area contributed by atoms with Crippen molar-refractivity contribution in [1.29, 1.82) is 5.41 Å². The molecule has 3 rings (SSSR count). The zero-order chi connectivity index (χ0) is 13.2. The number of rotatable bonds is 3. The summed E-state index contributed by atoms with van der Waals surface area (Å²) in [7, 11) is 0. The van der Waals surface area contributed by atoms with Gasteiger partial charge in [-0.05, 0) is 24.9 Å². The van der Waals surface area contributed by atoms with E-state index in [0.717, 1.165) is 18.2 Å². The van der Waals surface area contributed by atoms with Crippen LogP contribution in [0.1, 0.15) is 24.0 Å². The van der Waals surface area contributed by atoms with Crippen molar-refractivity contribution in [2.24, 2.45) is 5.73 Å². The summed E-state index contributed by atoms with van der Waals surface area (Å²) < 4.78 is 0. The average molecular weight is 258 g/mol. The number of fused-ring (bicyclic) bond motifs is 1. The van der Waals surface area contributed by atoms with Crippen molar-refractivity contribution < 1.29 is 0 Å². The van der Waals surface area contributed by atoms with Crippen LogP contribution in [0.2, 0.25) is 0 Å². The Kier molecular flexibility index (Phi) is 3.53. The van der Waals surface area contributed by atoms with Crippen molar-refractivity contribution in [2.75, 3.05) is 26.2 Å². The van der Waals surface area contributed by atoms with E-state index in [1.165, 1.54) is 44.6 Å². The molecule has 2 saturated heterocycles. The normalized spacial score (nSPS) is 24.3. The summed E-state index contributed by atoms with van der Waals surface area (Å²) >= 11 is 0. The van der Waals surface area contributed by atoms with Gasteiger partial charge in [0.25, 0.3) is 0 Å². The second-order valence-corrected chi connectivity index (χ2v) is 5.68. The molecule has 1 aromatic carbocycles. The largest absolute Gasteiger partial charge is 0.384 e. The maximum absolute atomic E-state index is 7.40. The second kappa shape index (κ2) is 5.31. The van der Waals surface area contributed by atoms with Crippen LogP contribution in [-0.2, 0) is 6.54 Å².